The van der Waals surface area contributed by atoms with Crippen molar-refractivity contribution in [2.45, 2.75) is 24.8 Å². The lowest BCUT2D eigenvalue weighted by Crippen LogP contribution is -2.41. The van der Waals surface area contributed by atoms with Gasteiger partial charge in [0, 0.05) is 26.6 Å². The van der Waals surface area contributed by atoms with Crippen molar-refractivity contribution in [2.75, 3.05) is 35.9 Å². The Morgan fingerprint density at radius 1 is 1.06 bits per heavy atom. The van der Waals surface area contributed by atoms with Gasteiger partial charge in [0.25, 0.3) is 10.0 Å². The average molecular weight is 497 g/mol. The summed E-state index contributed by atoms with van der Waals surface area (Å²) in [4.78, 5) is 13.5. The van der Waals surface area contributed by atoms with Crippen LogP contribution in [-0.2, 0) is 14.8 Å². The third-order valence-electron chi connectivity index (χ3n) is 5.55. The van der Waals surface area contributed by atoms with Crippen LogP contribution in [0.3, 0.4) is 0 Å². The van der Waals surface area contributed by atoms with E-state index >= 15 is 0 Å². The van der Waals surface area contributed by atoms with Crippen molar-refractivity contribution in [1.29, 1.82) is 0 Å². The summed E-state index contributed by atoms with van der Waals surface area (Å²) in [6.45, 7) is 4.25. The van der Waals surface area contributed by atoms with E-state index in [0.717, 1.165) is 11.4 Å². The summed E-state index contributed by atoms with van der Waals surface area (Å²) in [7, 11) is -1.83. The quantitative estimate of drug-likeness (QED) is 0.343. The van der Waals surface area contributed by atoms with E-state index in [4.69, 9.17) is 14.2 Å². The normalized spacial score (nSPS) is 15.1. The van der Waals surface area contributed by atoms with E-state index in [-0.39, 0.29) is 23.3 Å². The number of carbonyl (C=O) groups excluding carboxylic acids is 1. The maximum absolute atomic E-state index is 13.3. The molecule has 8 nitrogen and oxygen atoms in total. The Morgan fingerprint density at radius 3 is 2.51 bits per heavy atom. The molecule has 0 spiro atoms. The molecule has 0 unspecified atom stereocenters. The third kappa shape index (κ3) is 5.51. The number of carbonyl (C=O) groups is 1. The molecule has 0 N–H and O–H groups in total. The Balaban J connectivity index is 1.44. The Hall–Kier alpha value is -3.72. The van der Waals surface area contributed by atoms with Crippen LogP contribution in [0, 0.1) is 0 Å². The first-order valence-electron chi connectivity index (χ1n) is 11.3. The van der Waals surface area contributed by atoms with E-state index in [2.05, 4.69) is 4.90 Å². The zero-order valence-corrected chi connectivity index (χ0v) is 20.7. The summed E-state index contributed by atoms with van der Waals surface area (Å²) in [5, 5.41) is 0. The largest absolute Gasteiger partial charge is 0.490 e. The van der Waals surface area contributed by atoms with Gasteiger partial charge in [-0.25, -0.2) is 8.42 Å². The summed E-state index contributed by atoms with van der Waals surface area (Å²) >= 11 is 0. The van der Waals surface area contributed by atoms with Gasteiger partial charge in [0.1, 0.15) is 30.0 Å². The van der Waals surface area contributed by atoms with Gasteiger partial charge in [0.05, 0.1) is 22.8 Å². The minimum absolute atomic E-state index is 0.132. The van der Waals surface area contributed by atoms with Crippen LogP contribution in [0.2, 0.25) is 0 Å². The van der Waals surface area contributed by atoms with Gasteiger partial charge in [-0.1, -0.05) is 18.2 Å². The second-order valence-electron chi connectivity index (χ2n) is 8.13. The topological polar surface area (TPSA) is 85.4 Å². The standard InChI is InChI=1S/C26H28N2O6S/c1-4-28(20-8-7-9-22(16-20)33-19(2)29)35(30,31)24-14-12-21(13-15-24)32-18-23-17-27(3)25-10-5-6-11-26(25)34-23/h5-16,23H,4,17-18H2,1-3H3/t23-/m0/s1. The Labute approximate surface area is 205 Å². The number of hydrogen-bond donors (Lipinski definition) is 0. The zero-order valence-electron chi connectivity index (χ0n) is 19.9. The van der Waals surface area contributed by atoms with Crippen molar-refractivity contribution in [2.24, 2.45) is 0 Å². The lowest BCUT2D eigenvalue weighted by atomic mass is 10.2. The predicted molar refractivity (Wildman–Crippen MR) is 134 cm³/mol. The van der Waals surface area contributed by atoms with Crippen LogP contribution in [0.15, 0.2) is 77.7 Å². The van der Waals surface area contributed by atoms with Gasteiger partial charge >= 0.3 is 5.97 Å². The molecule has 0 amide bonds. The van der Waals surface area contributed by atoms with Crippen molar-refractivity contribution >= 4 is 27.4 Å². The first-order chi connectivity index (χ1) is 16.8. The van der Waals surface area contributed by atoms with E-state index in [9.17, 15) is 13.2 Å². The number of rotatable bonds is 8. The number of benzene rings is 3. The molecule has 0 saturated heterocycles. The van der Waals surface area contributed by atoms with Crippen LogP contribution < -0.4 is 23.4 Å². The Morgan fingerprint density at radius 2 is 1.80 bits per heavy atom. The maximum atomic E-state index is 13.3. The highest BCUT2D eigenvalue weighted by Crippen LogP contribution is 2.32. The molecule has 3 aromatic carbocycles. The van der Waals surface area contributed by atoms with Crippen LogP contribution >= 0.6 is 0 Å². The first kappa shape index (κ1) is 24.4. The van der Waals surface area contributed by atoms with E-state index in [1.54, 1.807) is 37.3 Å². The van der Waals surface area contributed by atoms with Gasteiger partial charge in [-0.05, 0) is 55.5 Å². The fraction of sp³-hybridized carbons (Fsp3) is 0.269. The van der Waals surface area contributed by atoms with Crippen LogP contribution in [0.1, 0.15) is 13.8 Å². The molecule has 184 valence electrons. The number of sulfonamides is 1. The second kappa shape index (κ2) is 10.3. The maximum Gasteiger partial charge on any atom is 0.308 e. The smallest absolute Gasteiger partial charge is 0.308 e. The molecule has 3 aromatic rings. The number of fused-ring (bicyclic) bond motifs is 1. The van der Waals surface area contributed by atoms with Crippen LogP contribution in [-0.4, -0.2) is 47.2 Å². The van der Waals surface area contributed by atoms with Crippen LogP contribution in [0.5, 0.6) is 17.2 Å². The molecule has 1 aliphatic heterocycles. The van der Waals surface area contributed by atoms with Crippen molar-refractivity contribution in [3.63, 3.8) is 0 Å². The van der Waals surface area contributed by atoms with Gasteiger partial charge in [0.15, 0.2) is 0 Å². The van der Waals surface area contributed by atoms with Crippen molar-refractivity contribution < 1.29 is 27.4 Å². The van der Waals surface area contributed by atoms with Gasteiger partial charge in [-0.3, -0.25) is 9.10 Å². The van der Waals surface area contributed by atoms with Gasteiger partial charge < -0.3 is 19.1 Å². The van der Waals surface area contributed by atoms with E-state index in [0.29, 0.717) is 24.6 Å². The first-order valence-corrected chi connectivity index (χ1v) is 12.7. The molecule has 0 aliphatic carbocycles. The number of para-hydroxylation sites is 2. The van der Waals surface area contributed by atoms with Gasteiger partial charge in [-0.15, -0.1) is 0 Å². The molecule has 0 fully saturated rings. The lowest BCUT2D eigenvalue weighted by Gasteiger charge is -2.33. The molecular formula is C26H28N2O6S. The number of hydrogen-bond acceptors (Lipinski definition) is 7. The highest BCUT2D eigenvalue weighted by molar-refractivity contribution is 7.92. The van der Waals surface area contributed by atoms with Crippen LogP contribution in [0.25, 0.3) is 0 Å². The molecule has 0 aromatic heterocycles. The van der Waals surface area contributed by atoms with E-state index < -0.39 is 16.0 Å². The molecule has 0 saturated carbocycles. The fourth-order valence-electron chi connectivity index (χ4n) is 3.96. The van der Waals surface area contributed by atoms with Gasteiger partial charge in [-0.2, -0.15) is 0 Å². The summed E-state index contributed by atoms with van der Waals surface area (Å²) in [6, 6.07) is 20.6. The fourth-order valence-corrected chi connectivity index (χ4v) is 5.43. The Kier molecular flexibility index (Phi) is 7.16. The number of anilines is 2. The number of esters is 1. The van der Waals surface area contributed by atoms with Crippen molar-refractivity contribution in [1.82, 2.24) is 0 Å². The molecule has 4 rings (SSSR count). The number of nitrogens with zero attached hydrogens (tertiary/aromatic N) is 2. The second-order valence-corrected chi connectivity index (χ2v) is 9.99. The summed E-state index contributed by atoms with van der Waals surface area (Å²) < 4.78 is 44.9. The highest BCUT2D eigenvalue weighted by atomic mass is 32.2. The Bertz CT molecular complexity index is 1290. The molecule has 1 heterocycles. The molecule has 9 heteroatoms. The SMILES string of the molecule is CCN(c1cccc(OC(C)=O)c1)S(=O)(=O)c1ccc(OC[C@@H]2CN(C)c3ccccc3O2)cc1. The summed E-state index contributed by atoms with van der Waals surface area (Å²) in [5.41, 5.74) is 1.45. The number of likely N-dealkylation sites (N-methyl/N-ethyl adjacent to an activating group) is 1. The minimum Gasteiger partial charge on any atom is -0.490 e. The average Bonchev–Trinajstić information content (AvgIpc) is 2.83. The molecule has 35 heavy (non-hydrogen) atoms. The highest BCUT2D eigenvalue weighted by Gasteiger charge is 2.25. The van der Waals surface area contributed by atoms with Crippen molar-refractivity contribution in [3.8, 4) is 17.2 Å². The minimum atomic E-state index is -3.84. The zero-order chi connectivity index (χ0) is 25.0. The summed E-state index contributed by atoms with van der Waals surface area (Å²) in [5.74, 6) is 1.17. The van der Waals surface area contributed by atoms with Gasteiger partial charge in [0.2, 0.25) is 0 Å². The third-order valence-corrected chi connectivity index (χ3v) is 7.47. The molecule has 0 bridgehead atoms. The van der Waals surface area contributed by atoms with E-state index in [1.807, 2.05) is 31.3 Å². The summed E-state index contributed by atoms with van der Waals surface area (Å²) in [6.07, 6.45) is -0.154. The molecule has 1 atom stereocenters. The molecule has 0 radical (unpaired) electrons. The molecular weight excluding hydrogens is 468 g/mol. The lowest BCUT2D eigenvalue weighted by molar-refractivity contribution is -0.131. The molecule has 1 aliphatic rings. The van der Waals surface area contributed by atoms with Crippen molar-refractivity contribution in [3.05, 3.63) is 72.8 Å². The predicted octanol–water partition coefficient (Wildman–Crippen LogP) is 4.10. The van der Waals surface area contributed by atoms with E-state index in [1.165, 1.54) is 29.4 Å². The number of ether oxygens (including phenoxy) is 3. The van der Waals surface area contributed by atoms with Crippen LogP contribution in [0.4, 0.5) is 11.4 Å². The monoisotopic (exact) mass is 496 g/mol.